The Kier molecular flexibility index (Phi) is 4.48. The number of nitriles is 1. The highest BCUT2D eigenvalue weighted by atomic mass is 35.5. The van der Waals surface area contributed by atoms with E-state index in [0.29, 0.717) is 16.0 Å². The van der Waals surface area contributed by atoms with Crippen LogP contribution in [0.15, 0.2) is 29.4 Å². The average Bonchev–Trinajstić information content (AvgIpc) is 2.41. The zero-order valence-electron chi connectivity index (χ0n) is 9.82. The number of benzene rings is 1. The first kappa shape index (κ1) is 13.9. The molecule has 0 unspecified atom stereocenters. The molecule has 0 spiro atoms. The molecular weight excluding hydrogens is 303 g/mol. The molecule has 1 N–H and O–H groups in total. The van der Waals surface area contributed by atoms with E-state index < -0.39 is 0 Å². The first-order valence-electron chi connectivity index (χ1n) is 5.18. The minimum absolute atomic E-state index is 0.137. The van der Waals surface area contributed by atoms with Crippen LogP contribution in [-0.2, 0) is 0 Å². The lowest BCUT2D eigenvalue weighted by Crippen LogP contribution is -2.01. The number of halogens is 2. The molecule has 0 aliphatic heterocycles. The Balaban J connectivity index is 2.41. The largest absolute Gasteiger partial charge is 0.339 e. The van der Waals surface area contributed by atoms with Crippen LogP contribution in [0, 0.1) is 11.3 Å². The maximum atomic E-state index is 9.10. The van der Waals surface area contributed by atoms with Crippen LogP contribution in [0.5, 0.6) is 0 Å². The van der Waals surface area contributed by atoms with Crippen molar-refractivity contribution in [2.24, 2.45) is 0 Å². The Morgan fingerprint density at radius 2 is 1.89 bits per heavy atom. The lowest BCUT2D eigenvalue weighted by Gasteiger charge is -2.09. The highest BCUT2D eigenvalue weighted by Gasteiger charge is 2.12. The molecule has 1 aromatic heterocycles. The summed E-state index contributed by atoms with van der Waals surface area (Å²) in [7, 11) is 0. The summed E-state index contributed by atoms with van der Waals surface area (Å²) in [6.45, 7) is 0. The third-order valence-electron chi connectivity index (χ3n) is 2.25. The van der Waals surface area contributed by atoms with Crippen LogP contribution in [-0.4, -0.2) is 16.2 Å². The molecule has 0 bridgehead atoms. The van der Waals surface area contributed by atoms with Gasteiger partial charge in [0.15, 0.2) is 16.1 Å². The highest BCUT2D eigenvalue weighted by Crippen LogP contribution is 2.26. The third kappa shape index (κ3) is 3.29. The third-order valence-corrected chi connectivity index (χ3v) is 3.32. The van der Waals surface area contributed by atoms with E-state index >= 15 is 0 Å². The molecule has 4 nitrogen and oxygen atoms in total. The molecular formula is C12H8Cl2N4S. The van der Waals surface area contributed by atoms with E-state index in [1.54, 1.807) is 24.3 Å². The van der Waals surface area contributed by atoms with E-state index in [9.17, 15) is 0 Å². The first-order chi connectivity index (χ1) is 9.13. The number of aromatic nitrogens is 2. The van der Waals surface area contributed by atoms with Gasteiger partial charge in [0.2, 0.25) is 0 Å². The number of hydrogen-bond donors (Lipinski definition) is 1. The van der Waals surface area contributed by atoms with Crippen molar-refractivity contribution in [1.29, 1.82) is 5.26 Å². The lowest BCUT2D eigenvalue weighted by atomic mass is 10.3. The molecule has 0 amide bonds. The predicted molar refractivity (Wildman–Crippen MR) is 78.3 cm³/mol. The summed E-state index contributed by atoms with van der Waals surface area (Å²) < 4.78 is 0. The van der Waals surface area contributed by atoms with Crippen LogP contribution in [0.3, 0.4) is 0 Å². The molecule has 2 rings (SSSR count). The van der Waals surface area contributed by atoms with E-state index in [0.717, 1.165) is 5.69 Å². The number of nitrogens with one attached hydrogen (secondary N) is 1. The van der Waals surface area contributed by atoms with Gasteiger partial charge in [-0.1, -0.05) is 35.0 Å². The van der Waals surface area contributed by atoms with Crippen molar-refractivity contribution in [3.63, 3.8) is 0 Å². The molecule has 1 heterocycles. The first-order valence-corrected chi connectivity index (χ1v) is 7.16. The normalized spacial score (nSPS) is 10.0. The Morgan fingerprint density at radius 3 is 2.47 bits per heavy atom. The summed E-state index contributed by atoms with van der Waals surface area (Å²) in [6.07, 6.45) is 1.84. The average molecular weight is 311 g/mol. The van der Waals surface area contributed by atoms with Gasteiger partial charge >= 0.3 is 0 Å². The van der Waals surface area contributed by atoms with Crippen LogP contribution < -0.4 is 5.32 Å². The van der Waals surface area contributed by atoms with Crippen molar-refractivity contribution < 1.29 is 0 Å². The minimum Gasteiger partial charge on any atom is -0.339 e. The van der Waals surface area contributed by atoms with Gasteiger partial charge in [-0.3, -0.25) is 0 Å². The molecule has 0 saturated heterocycles. The number of rotatable bonds is 3. The van der Waals surface area contributed by atoms with Crippen molar-refractivity contribution in [3.05, 3.63) is 40.0 Å². The van der Waals surface area contributed by atoms with Crippen LogP contribution in [0.1, 0.15) is 5.56 Å². The van der Waals surface area contributed by atoms with Crippen LogP contribution in [0.25, 0.3) is 0 Å². The second-order valence-electron chi connectivity index (χ2n) is 3.47. The van der Waals surface area contributed by atoms with Gasteiger partial charge in [-0.2, -0.15) is 5.26 Å². The van der Waals surface area contributed by atoms with Crippen LogP contribution in [0.2, 0.25) is 10.2 Å². The maximum absolute atomic E-state index is 9.10. The number of hydrogen-bond acceptors (Lipinski definition) is 5. The van der Waals surface area contributed by atoms with Crippen LogP contribution in [0.4, 0.5) is 11.5 Å². The monoisotopic (exact) mass is 310 g/mol. The van der Waals surface area contributed by atoms with Crippen LogP contribution >= 0.6 is 35.0 Å². The van der Waals surface area contributed by atoms with Gasteiger partial charge in [-0.05, 0) is 30.5 Å². The standard InChI is InChI=1S/C12H8Cl2N4S/c1-19-12-17-10(14)9(6-15)11(18-12)16-8-4-2-7(13)3-5-8/h2-5H,1H3,(H,16,17,18). The van der Waals surface area contributed by atoms with E-state index in [-0.39, 0.29) is 10.7 Å². The summed E-state index contributed by atoms with van der Waals surface area (Å²) in [4.78, 5) is 8.25. The second-order valence-corrected chi connectivity index (χ2v) is 5.04. The fourth-order valence-electron chi connectivity index (χ4n) is 1.36. The quantitative estimate of drug-likeness (QED) is 0.525. The molecule has 0 radical (unpaired) electrons. The predicted octanol–water partition coefficient (Wildman–Crippen LogP) is 4.12. The summed E-state index contributed by atoms with van der Waals surface area (Å²) >= 11 is 13.1. The van der Waals surface area contributed by atoms with Gasteiger partial charge < -0.3 is 5.32 Å². The molecule has 1 aromatic carbocycles. The van der Waals surface area contributed by atoms with Gasteiger partial charge in [-0.25, -0.2) is 9.97 Å². The fraction of sp³-hybridized carbons (Fsp3) is 0.0833. The SMILES string of the molecule is CSc1nc(Cl)c(C#N)c(Nc2ccc(Cl)cc2)n1. The number of thioether (sulfide) groups is 1. The Hall–Kier alpha value is -1.48. The van der Waals surface area contributed by atoms with Gasteiger partial charge in [0.05, 0.1) is 0 Å². The molecule has 0 aliphatic carbocycles. The van der Waals surface area contributed by atoms with E-state index in [4.69, 9.17) is 28.5 Å². The number of nitrogens with zero attached hydrogens (tertiary/aromatic N) is 3. The smallest absolute Gasteiger partial charge is 0.190 e. The second kappa shape index (κ2) is 6.11. The fourth-order valence-corrected chi connectivity index (χ4v) is 2.12. The minimum atomic E-state index is 0.137. The molecule has 0 fully saturated rings. The number of anilines is 2. The molecule has 2 aromatic rings. The lowest BCUT2D eigenvalue weighted by molar-refractivity contribution is 0.969. The highest BCUT2D eigenvalue weighted by molar-refractivity contribution is 7.98. The van der Waals surface area contributed by atoms with E-state index in [1.807, 2.05) is 12.3 Å². The summed E-state index contributed by atoms with van der Waals surface area (Å²) in [5, 5.41) is 13.4. The molecule has 0 atom stereocenters. The van der Waals surface area contributed by atoms with Gasteiger partial charge in [-0.15, -0.1) is 0 Å². The maximum Gasteiger partial charge on any atom is 0.190 e. The topological polar surface area (TPSA) is 61.6 Å². The zero-order chi connectivity index (χ0) is 13.8. The van der Waals surface area contributed by atoms with E-state index in [2.05, 4.69) is 15.3 Å². The van der Waals surface area contributed by atoms with Gasteiger partial charge in [0.25, 0.3) is 0 Å². The molecule has 0 saturated carbocycles. The molecule has 96 valence electrons. The van der Waals surface area contributed by atoms with Crippen molar-refractivity contribution in [2.45, 2.75) is 5.16 Å². The summed E-state index contributed by atoms with van der Waals surface area (Å²) in [5.74, 6) is 0.383. The zero-order valence-corrected chi connectivity index (χ0v) is 12.1. The Labute approximate surface area is 124 Å². The van der Waals surface area contributed by atoms with Crippen molar-refractivity contribution in [1.82, 2.24) is 9.97 Å². The van der Waals surface area contributed by atoms with Gasteiger partial charge in [0.1, 0.15) is 11.6 Å². The molecule has 19 heavy (non-hydrogen) atoms. The summed E-state index contributed by atoms with van der Waals surface area (Å²) in [6, 6.07) is 9.06. The van der Waals surface area contributed by atoms with Crippen molar-refractivity contribution in [3.8, 4) is 6.07 Å². The Morgan fingerprint density at radius 1 is 1.21 bits per heavy atom. The Bertz CT molecular complexity index is 637. The van der Waals surface area contributed by atoms with Crippen molar-refractivity contribution >= 4 is 46.5 Å². The van der Waals surface area contributed by atoms with Crippen molar-refractivity contribution in [2.75, 3.05) is 11.6 Å². The van der Waals surface area contributed by atoms with E-state index in [1.165, 1.54) is 11.8 Å². The summed E-state index contributed by atoms with van der Waals surface area (Å²) in [5.41, 5.74) is 0.983. The molecule has 7 heteroatoms. The van der Waals surface area contributed by atoms with Gasteiger partial charge in [0, 0.05) is 10.7 Å². The molecule has 0 aliphatic rings.